The van der Waals surface area contributed by atoms with Crippen LogP contribution >= 0.6 is 0 Å². The summed E-state index contributed by atoms with van der Waals surface area (Å²) in [5.41, 5.74) is 0.808. The summed E-state index contributed by atoms with van der Waals surface area (Å²) in [7, 11) is 1.62. The molecule has 0 radical (unpaired) electrons. The number of amides is 1. The number of nitrogens with one attached hydrogen (secondary N) is 1. The number of hydrogen-bond acceptors (Lipinski definition) is 3. The molecule has 1 heterocycles. The molecule has 0 aromatic heterocycles. The number of hydrogen-bond donors (Lipinski definition) is 1. The van der Waals surface area contributed by atoms with Gasteiger partial charge >= 0.3 is 0 Å². The first-order valence-corrected chi connectivity index (χ1v) is 5.82. The third-order valence-corrected chi connectivity index (χ3v) is 2.95. The van der Waals surface area contributed by atoms with Gasteiger partial charge in [-0.1, -0.05) is 0 Å². The highest BCUT2D eigenvalue weighted by Crippen LogP contribution is 2.19. The summed E-state index contributed by atoms with van der Waals surface area (Å²) in [5.74, 6) is 0.943. The number of carbonyl (C=O) groups is 1. The predicted octanol–water partition coefficient (Wildman–Crippen LogP) is 2.06. The van der Waals surface area contributed by atoms with E-state index in [1.165, 1.54) is 0 Å². The Hall–Kier alpha value is -1.55. The third-order valence-electron chi connectivity index (χ3n) is 2.95. The minimum absolute atomic E-state index is 0.0749. The number of benzene rings is 1. The lowest BCUT2D eigenvalue weighted by molar-refractivity contribution is -0.122. The van der Waals surface area contributed by atoms with Crippen LogP contribution in [-0.2, 0) is 9.53 Å². The van der Waals surface area contributed by atoms with Crippen LogP contribution in [-0.4, -0.2) is 26.2 Å². The second kappa shape index (κ2) is 5.68. The Bertz CT molecular complexity index is 369. The van der Waals surface area contributed by atoms with Gasteiger partial charge in [0.1, 0.15) is 5.75 Å². The fraction of sp³-hybridized carbons (Fsp3) is 0.462. The number of methoxy groups -OCH3 is 1. The van der Waals surface area contributed by atoms with Gasteiger partial charge in [0.15, 0.2) is 0 Å². The Labute approximate surface area is 101 Å². The van der Waals surface area contributed by atoms with Gasteiger partial charge in [-0.3, -0.25) is 4.79 Å². The first-order valence-electron chi connectivity index (χ1n) is 5.82. The van der Waals surface area contributed by atoms with Crippen LogP contribution in [0.1, 0.15) is 12.8 Å². The first-order chi connectivity index (χ1) is 8.29. The largest absolute Gasteiger partial charge is 0.497 e. The van der Waals surface area contributed by atoms with E-state index >= 15 is 0 Å². The molecule has 1 saturated heterocycles. The summed E-state index contributed by atoms with van der Waals surface area (Å²) < 4.78 is 10.3. The van der Waals surface area contributed by atoms with Gasteiger partial charge in [-0.25, -0.2) is 0 Å². The zero-order valence-corrected chi connectivity index (χ0v) is 9.94. The van der Waals surface area contributed by atoms with Crippen molar-refractivity contribution in [2.24, 2.45) is 5.92 Å². The molecule has 0 unspecified atom stereocenters. The number of ether oxygens (including phenoxy) is 2. The lowest BCUT2D eigenvalue weighted by Crippen LogP contribution is -2.28. The SMILES string of the molecule is COc1ccc(NC(=O)C2CCOCC2)cc1. The van der Waals surface area contributed by atoms with Crippen LogP contribution in [0.2, 0.25) is 0 Å². The van der Waals surface area contributed by atoms with Crippen molar-refractivity contribution in [3.63, 3.8) is 0 Å². The molecular formula is C13H17NO3. The molecule has 0 aliphatic carbocycles. The highest BCUT2D eigenvalue weighted by atomic mass is 16.5. The van der Waals surface area contributed by atoms with Crippen molar-refractivity contribution in [2.75, 3.05) is 25.6 Å². The van der Waals surface area contributed by atoms with Crippen LogP contribution in [0.3, 0.4) is 0 Å². The second-order valence-corrected chi connectivity index (χ2v) is 4.10. The summed E-state index contributed by atoms with van der Waals surface area (Å²) in [4.78, 5) is 11.9. The summed E-state index contributed by atoms with van der Waals surface area (Å²) in [6.45, 7) is 1.36. The molecule has 1 fully saturated rings. The molecule has 4 nitrogen and oxygen atoms in total. The van der Waals surface area contributed by atoms with Crippen LogP contribution in [0.5, 0.6) is 5.75 Å². The zero-order chi connectivity index (χ0) is 12.1. The topological polar surface area (TPSA) is 47.6 Å². The van der Waals surface area contributed by atoms with Crippen molar-refractivity contribution in [1.82, 2.24) is 0 Å². The molecule has 92 valence electrons. The summed E-state index contributed by atoms with van der Waals surface area (Å²) in [6.07, 6.45) is 1.62. The van der Waals surface area contributed by atoms with Crippen molar-refractivity contribution in [3.8, 4) is 5.75 Å². The Morgan fingerprint density at radius 3 is 2.53 bits per heavy atom. The molecule has 1 aliphatic heterocycles. The van der Waals surface area contributed by atoms with Gasteiger partial charge in [0.2, 0.25) is 5.91 Å². The third kappa shape index (κ3) is 3.20. The summed E-state index contributed by atoms with van der Waals surface area (Å²) in [6, 6.07) is 7.35. The van der Waals surface area contributed by atoms with Crippen LogP contribution in [0.15, 0.2) is 24.3 Å². The van der Waals surface area contributed by atoms with Gasteiger partial charge in [-0.05, 0) is 37.1 Å². The van der Waals surface area contributed by atoms with Gasteiger partial charge in [-0.2, -0.15) is 0 Å². The van der Waals surface area contributed by atoms with E-state index < -0.39 is 0 Å². The molecule has 1 N–H and O–H groups in total. The maximum absolute atomic E-state index is 11.9. The van der Waals surface area contributed by atoms with Crippen LogP contribution in [0.4, 0.5) is 5.69 Å². The van der Waals surface area contributed by atoms with Crippen molar-refractivity contribution in [1.29, 1.82) is 0 Å². The molecule has 1 aromatic carbocycles. The Morgan fingerprint density at radius 2 is 1.94 bits per heavy atom. The molecule has 2 rings (SSSR count). The highest BCUT2D eigenvalue weighted by molar-refractivity contribution is 5.92. The highest BCUT2D eigenvalue weighted by Gasteiger charge is 2.21. The zero-order valence-electron chi connectivity index (χ0n) is 9.94. The van der Waals surface area contributed by atoms with E-state index in [1.54, 1.807) is 7.11 Å². The van der Waals surface area contributed by atoms with E-state index in [1.807, 2.05) is 24.3 Å². The monoisotopic (exact) mass is 235 g/mol. The molecule has 0 atom stereocenters. The molecule has 17 heavy (non-hydrogen) atoms. The fourth-order valence-electron chi connectivity index (χ4n) is 1.88. The minimum atomic E-state index is 0.0749. The molecule has 1 aliphatic rings. The quantitative estimate of drug-likeness (QED) is 0.872. The van der Waals surface area contributed by atoms with E-state index in [-0.39, 0.29) is 11.8 Å². The standard InChI is InChI=1S/C13H17NO3/c1-16-12-4-2-11(3-5-12)14-13(15)10-6-8-17-9-7-10/h2-5,10H,6-9H2,1H3,(H,14,15). The van der Waals surface area contributed by atoms with E-state index in [0.29, 0.717) is 13.2 Å². The predicted molar refractivity (Wildman–Crippen MR) is 65.2 cm³/mol. The van der Waals surface area contributed by atoms with Gasteiger partial charge in [-0.15, -0.1) is 0 Å². The number of carbonyl (C=O) groups excluding carboxylic acids is 1. The normalized spacial score (nSPS) is 16.5. The molecule has 0 bridgehead atoms. The van der Waals surface area contributed by atoms with Gasteiger partial charge < -0.3 is 14.8 Å². The van der Waals surface area contributed by atoms with Crippen LogP contribution in [0.25, 0.3) is 0 Å². The maximum atomic E-state index is 11.9. The average molecular weight is 235 g/mol. The second-order valence-electron chi connectivity index (χ2n) is 4.10. The maximum Gasteiger partial charge on any atom is 0.227 e. The number of rotatable bonds is 3. The molecule has 4 heteroatoms. The Balaban J connectivity index is 1.92. The van der Waals surface area contributed by atoms with Crippen molar-refractivity contribution < 1.29 is 14.3 Å². The van der Waals surface area contributed by atoms with Crippen LogP contribution in [0, 0.1) is 5.92 Å². The summed E-state index contributed by atoms with van der Waals surface area (Å²) >= 11 is 0. The molecule has 0 spiro atoms. The van der Waals surface area contributed by atoms with E-state index in [2.05, 4.69) is 5.32 Å². The van der Waals surface area contributed by atoms with Crippen molar-refractivity contribution in [2.45, 2.75) is 12.8 Å². The molecule has 1 aromatic rings. The number of anilines is 1. The average Bonchev–Trinajstić information content (AvgIpc) is 2.40. The smallest absolute Gasteiger partial charge is 0.227 e. The Kier molecular flexibility index (Phi) is 3.98. The summed E-state index contributed by atoms with van der Waals surface area (Å²) in [5, 5.41) is 2.91. The fourth-order valence-corrected chi connectivity index (χ4v) is 1.88. The van der Waals surface area contributed by atoms with E-state index in [9.17, 15) is 4.79 Å². The van der Waals surface area contributed by atoms with Gasteiger partial charge in [0, 0.05) is 24.8 Å². The minimum Gasteiger partial charge on any atom is -0.497 e. The van der Waals surface area contributed by atoms with Crippen LogP contribution < -0.4 is 10.1 Å². The molecule has 1 amide bonds. The lowest BCUT2D eigenvalue weighted by Gasteiger charge is -2.21. The Morgan fingerprint density at radius 1 is 1.29 bits per heavy atom. The molecular weight excluding hydrogens is 218 g/mol. The van der Waals surface area contributed by atoms with Crippen molar-refractivity contribution >= 4 is 11.6 Å². The van der Waals surface area contributed by atoms with Gasteiger partial charge in [0.25, 0.3) is 0 Å². The first kappa shape index (κ1) is 11.9. The van der Waals surface area contributed by atoms with Crippen molar-refractivity contribution in [3.05, 3.63) is 24.3 Å². The molecule has 0 saturated carbocycles. The van der Waals surface area contributed by atoms with Gasteiger partial charge in [0.05, 0.1) is 7.11 Å². The van der Waals surface area contributed by atoms with E-state index in [0.717, 1.165) is 24.3 Å². The lowest BCUT2D eigenvalue weighted by atomic mass is 9.99. The van der Waals surface area contributed by atoms with E-state index in [4.69, 9.17) is 9.47 Å².